The highest BCUT2D eigenvalue weighted by Crippen LogP contribution is 2.42. The number of fused-ring (bicyclic) bond motifs is 3. The fourth-order valence-corrected chi connectivity index (χ4v) is 8.42. The molecule has 0 aliphatic carbocycles. The Kier molecular flexibility index (Phi) is 9.14. The lowest BCUT2D eigenvalue weighted by molar-refractivity contribution is 0.918. The van der Waals surface area contributed by atoms with Gasteiger partial charge in [0.1, 0.15) is 5.69 Å². The molecule has 0 fully saturated rings. The summed E-state index contributed by atoms with van der Waals surface area (Å²) < 4.78 is 2.12. The molecule has 2 aromatic heterocycles. The molecule has 0 amide bonds. The van der Waals surface area contributed by atoms with E-state index in [1.54, 1.807) is 0 Å². The number of nitrogens with zero attached hydrogens (tertiary/aromatic N) is 4. The van der Waals surface area contributed by atoms with Crippen molar-refractivity contribution in [3.05, 3.63) is 231 Å². The first-order valence-electron chi connectivity index (χ1n) is 20.6. The predicted molar refractivity (Wildman–Crippen MR) is 252 cm³/mol. The summed E-state index contributed by atoms with van der Waals surface area (Å²) in [7, 11) is 0. The summed E-state index contributed by atoms with van der Waals surface area (Å²) in [6, 6.07) is 80.9. The van der Waals surface area contributed by atoms with Crippen LogP contribution in [0.25, 0.3) is 106 Å². The summed E-state index contributed by atoms with van der Waals surface area (Å²) in [4.78, 5) is 10.3. The van der Waals surface area contributed by atoms with E-state index in [9.17, 15) is 0 Å². The predicted octanol–water partition coefficient (Wildman–Crippen LogP) is 14.6. The Hall–Kier alpha value is -8.21. The molecule has 0 spiro atoms. The van der Waals surface area contributed by atoms with Crippen LogP contribution in [-0.4, -0.2) is 19.7 Å². The van der Waals surface area contributed by atoms with Crippen LogP contribution in [0.2, 0.25) is 0 Å². The average Bonchev–Trinajstić information content (AvgIpc) is 3.76. The Morgan fingerprint density at radius 1 is 0.328 bits per heavy atom. The minimum atomic E-state index is 0.689. The van der Waals surface area contributed by atoms with Crippen molar-refractivity contribution in [1.29, 1.82) is 0 Å². The van der Waals surface area contributed by atoms with E-state index in [-0.39, 0.29) is 0 Å². The molecule has 0 saturated heterocycles. The number of rotatable bonds is 8. The Bertz CT molecular complexity index is 3320. The van der Waals surface area contributed by atoms with E-state index in [0.29, 0.717) is 5.82 Å². The molecule has 11 rings (SSSR count). The molecule has 61 heavy (non-hydrogen) atoms. The van der Waals surface area contributed by atoms with E-state index in [2.05, 4.69) is 217 Å². The van der Waals surface area contributed by atoms with Crippen molar-refractivity contribution in [3.8, 4) is 84.2 Å². The second-order valence-corrected chi connectivity index (χ2v) is 15.3. The first-order valence-corrected chi connectivity index (χ1v) is 20.6. The molecule has 0 aliphatic heterocycles. The summed E-state index contributed by atoms with van der Waals surface area (Å²) >= 11 is 0. The number of aromatic nitrogens is 4. The molecular weight excluding hydrogens is 741 g/mol. The van der Waals surface area contributed by atoms with Gasteiger partial charge in [-0.15, -0.1) is 0 Å². The molecule has 9 aromatic carbocycles. The molecule has 0 aliphatic rings. The summed E-state index contributed by atoms with van der Waals surface area (Å²) in [6.07, 6.45) is 0. The lowest BCUT2D eigenvalue weighted by Gasteiger charge is -2.12. The van der Waals surface area contributed by atoms with Crippen molar-refractivity contribution in [2.45, 2.75) is 0 Å². The van der Waals surface area contributed by atoms with Gasteiger partial charge in [-0.05, 0) is 75.2 Å². The minimum Gasteiger partial charge on any atom is -0.232 e. The second-order valence-electron chi connectivity index (χ2n) is 15.3. The first kappa shape index (κ1) is 35.9. The fourth-order valence-electron chi connectivity index (χ4n) is 8.42. The maximum absolute atomic E-state index is 5.41. The van der Waals surface area contributed by atoms with Crippen LogP contribution < -0.4 is 0 Å². The zero-order valence-electron chi connectivity index (χ0n) is 33.2. The lowest BCUT2D eigenvalue weighted by Crippen LogP contribution is -1.96. The highest BCUT2D eigenvalue weighted by molar-refractivity contribution is 6.17. The first-order chi connectivity index (χ1) is 30.2. The minimum absolute atomic E-state index is 0.689. The van der Waals surface area contributed by atoms with Crippen LogP contribution in [0.5, 0.6) is 0 Å². The zero-order chi connectivity index (χ0) is 40.5. The van der Waals surface area contributed by atoms with Gasteiger partial charge in [-0.2, -0.15) is 5.10 Å². The zero-order valence-corrected chi connectivity index (χ0v) is 33.2. The molecule has 11 aromatic rings. The van der Waals surface area contributed by atoms with Gasteiger partial charge in [0.25, 0.3) is 0 Å². The van der Waals surface area contributed by atoms with E-state index in [0.717, 1.165) is 89.3 Å². The monoisotopic (exact) mass is 778 g/mol. The molecule has 4 nitrogen and oxygen atoms in total. The smallest absolute Gasteiger partial charge is 0.160 e. The molecule has 0 radical (unpaired) electrons. The van der Waals surface area contributed by atoms with Crippen molar-refractivity contribution in [3.63, 3.8) is 0 Å². The average molecular weight is 779 g/mol. The van der Waals surface area contributed by atoms with Crippen LogP contribution in [0.4, 0.5) is 0 Å². The lowest BCUT2D eigenvalue weighted by atomic mass is 9.93. The van der Waals surface area contributed by atoms with Gasteiger partial charge in [-0.1, -0.05) is 194 Å². The third-order valence-corrected chi connectivity index (χ3v) is 11.4. The Morgan fingerprint density at radius 2 is 0.820 bits per heavy atom. The van der Waals surface area contributed by atoms with Crippen molar-refractivity contribution in [2.24, 2.45) is 0 Å². The molecule has 0 N–H and O–H groups in total. The van der Waals surface area contributed by atoms with E-state index in [1.807, 2.05) is 18.2 Å². The van der Waals surface area contributed by atoms with Gasteiger partial charge < -0.3 is 0 Å². The Labute approximate surface area is 354 Å². The van der Waals surface area contributed by atoms with Crippen LogP contribution >= 0.6 is 0 Å². The van der Waals surface area contributed by atoms with Gasteiger partial charge in [-0.3, -0.25) is 0 Å². The van der Waals surface area contributed by atoms with Crippen LogP contribution in [0.15, 0.2) is 231 Å². The van der Waals surface area contributed by atoms with Crippen LogP contribution in [0, 0.1) is 0 Å². The van der Waals surface area contributed by atoms with E-state index in [4.69, 9.17) is 15.1 Å². The van der Waals surface area contributed by atoms with E-state index < -0.39 is 0 Å². The maximum Gasteiger partial charge on any atom is 0.160 e. The van der Waals surface area contributed by atoms with E-state index in [1.165, 1.54) is 10.8 Å². The van der Waals surface area contributed by atoms with Crippen molar-refractivity contribution in [1.82, 2.24) is 19.7 Å². The van der Waals surface area contributed by atoms with Crippen molar-refractivity contribution in [2.75, 3.05) is 0 Å². The van der Waals surface area contributed by atoms with Crippen LogP contribution in [-0.2, 0) is 0 Å². The number of hydrogen-bond acceptors (Lipinski definition) is 3. The number of hydrogen-bond donors (Lipinski definition) is 0. The second kappa shape index (κ2) is 15.5. The number of para-hydroxylation sites is 1. The molecule has 286 valence electrons. The SMILES string of the molecule is c1ccc(-c2cccc(-c3nc(-c4ccccc4)cc(-c4cccc(-c5ccc(-c6nn(-c7ccccc7)c7c6c(-c6ccccc6)cc6ccccc67)cc5)c4)n3)c2)cc1. The van der Waals surface area contributed by atoms with E-state index >= 15 is 0 Å². The Balaban J connectivity index is 1.01. The quantitative estimate of drug-likeness (QED) is 0.154. The third-order valence-electron chi connectivity index (χ3n) is 11.4. The van der Waals surface area contributed by atoms with Crippen molar-refractivity contribution < 1.29 is 0 Å². The van der Waals surface area contributed by atoms with Crippen LogP contribution in [0.3, 0.4) is 0 Å². The van der Waals surface area contributed by atoms with Crippen molar-refractivity contribution >= 4 is 21.7 Å². The Morgan fingerprint density at radius 3 is 1.51 bits per heavy atom. The standard InChI is InChI=1S/C57H38N4/c1-5-17-39(18-6-1)45-25-16-27-48(36-45)57-58-52(42-21-9-3-10-22-42)38-53(59-57)47-26-15-24-44(35-47)40-31-33-43(34-32-40)55-54-51(41-19-7-2-8-20-41)37-46-23-13-14-30-50(46)56(54)61(60-55)49-28-11-4-12-29-49/h1-38H. The highest BCUT2D eigenvalue weighted by Gasteiger charge is 2.21. The third kappa shape index (κ3) is 6.86. The molecule has 0 saturated carbocycles. The summed E-state index contributed by atoms with van der Waals surface area (Å²) in [6.45, 7) is 0. The normalized spacial score (nSPS) is 11.3. The van der Waals surface area contributed by atoms with Gasteiger partial charge in [0.05, 0.1) is 22.6 Å². The molecule has 0 bridgehead atoms. The van der Waals surface area contributed by atoms with Gasteiger partial charge in [0, 0.05) is 33.0 Å². The van der Waals surface area contributed by atoms with Gasteiger partial charge in [0.15, 0.2) is 5.82 Å². The van der Waals surface area contributed by atoms with Gasteiger partial charge >= 0.3 is 0 Å². The molecule has 4 heteroatoms. The number of benzene rings is 9. The summed E-state index contributed by atoms with van der Waals surface area (Å²) in [5.41, 5.74) is 15.7. The van der Waals surface area contributed by atoms with Gasteiger partial charge in [0.2, 0.25) is 0 Å². The largest absolute Gasteiger partial charge is 0.232 e. The molecule has 2 heterocycles. The maximum atomic E-state index is 5.41. The van der Waals surface area contributed by atoms with Crippen LogP contribution in [0.1, 0.15) is 0 Å². The summed E-state index contributed by atoms with van der Waals surface area (Å²) in [5, 5.41) is 8.89. The molecule has 0 atom stereocenters. The topological polar surface area (TPSA) is 43.6 Å². The van der Waals surface area contributed by atoms with Gasteiger partial charge in [-0.25, -0.2) is 14.6 Å². The summed E-state index contributed by atoms with van der Waals surface area (Å²) in [5.74, 6) is 0.689. The molecule has 0 unspecified atom stereocenters. The molecular formula is C57H38N4. The fraction of sp³-hybridized carbons (Fsp3) is 0. The highest BCUT2D eigenvalue weighted by atomic mass is 15.3.